The number of carbonyl (C=O) groups excluding carboxylic acids is 1. The summed E-state index contributed by atoms with van der Waals surface area (Å²) in [6.07, 6.45) is 2.05. The van der Waals surface area contributed by atoms with Crippen molar-refractivity contribution in [2.45, 2.75) is 26.3 Å². The largest absolute Gasteiger partial charge is 0.326 e. The summed E-state index contributed by atoms with van der Waals surface area (Å²) in [5, 5.41) is 3.07. The van der Waals surface area contributed by atoms with E-state index < -0.39 is 0 Å². The van der Waals surface area contributed by atoms with Gasteiger partial charge in [-0.2, -0.15) is 0 Å². The molecule has 1 aliphatic heterocycles. The molecule has 0 saturated carbocycles. The molecule has 3 rings (SSSR count). The normalized spacial score (nSPS) is 18.3. The summed E-state index contributed by atoms with van der Waals surface area (Å²) < 4.78 is 1.17. The molecule has 0 aliphatic carbocycles. The van der Waals surface area contributed by atoms with Crippen LogP contribution in [0.5, 0.6) is 0 Å². The Hall–Kier alpha value is -1.40. The van der Waals surface area contributed by atoms with Gasteiger partial charge in [-0.25, -0.2) is 0 Å². The van der Waals surface area contributed by atoms with Crippen LogP contribution in [0, 0.1) is 16.4 Å². The maximum absolute atomic E-state index is 12.6. The number of piperidine rings is 1. The lowest BCUT2D eigenvalue weighted by atomic mass is 9.96. The highest BCUT2D eigenvalue weighted by atomic mass is 127. The molecule has 0 aromatic heterocycles. The molecule has 1 saturated heterocycles. The van der Waals surface area contributed by atoms with E-state index in [1.54, 1.807) is 0 Å². The average Bonchev–Trinajstić information content (AvgIpc) is 2.59. The molecule has 3 nitrogen and oxygen atoms in total. The number of rotatable bonds is 4. The van der Waals surface area contributed by atoms with Crippen LogP contribution in [0.25, 0.3) is 0 Å². The number of nitrogens with zero attached hydrogens (tertiary/aromatic N) is 1. The topological polar surface area (TPSA) is 32.3 Å². The van der Waals surface area contributed by atoms with Crippen LogP contribution in [0.3, 0.4) is 0 Å². The Morgan fingerprint density at radius 1 is 1.21 bits per heavy atom. The van der Waals surface area contributed by atoms with E-state index in [1.165, 1.54) is 14.7 Å². The van der Waals surface area contributed by atoms with Crippen molar-refractivity contribution >= 4 is 34.2 Å². The molecular formula is C20H23IN2O. The van der Waals surface area contributed by atoms with Crippen molar-refractivity contribution in [1.82, 2.24) is 4.90 Å². The first-order valence-corrected chi connectivity index (χ1v) is 9.53. The highest BCUT2D eigenvalue weighted by molar-refractivity contribution is 14.1. The van der Waals surface area contributed by atoms with Crippen molar-refractivity contribution in [2.75, 3.05) is 18.4 Å². The minimum absolute atomic E-state index is 0.0713. The van der Waals surface area contributed by atoms with Gasteiger partial charge in [0, 0.05) is 22.3 Å². The predicted molar refractivity (Wildman–Crippen MR) is 107 cm³/mol. The molecule has 1 amide bonds. The summed E-state index contributed by atoms with van der Waals surface area (Å²) in [7, 11) is 0. The summed E-state index contributed by atoms with van der Waals surface area (Å²) in [5.41, 5.74) is 3.57. The third kappa shape index (κ3) is 4.57. The molecule has 4 heteroatoms. The van der Waals surface area contributed by atoms with Gasteiger partial charge in [0.1, 0.15) is 0 Å². The van der Waals surface area contributed by atoms with Crippen molar-refractivity contribution in [3.05, 3.63) is 63.2 Å². The van der Waals surface area contributed by atoms with Crippen molar-refractivity contribution in [3.63, 3.8) is 0 Å². The standard InChI is InChI=1S/C20H23IN2O/c1-15-5-2-3-6-16(15)13-23-12-4-7-17(14-23)20(24)22-19-10-8-18(21)9-11-19/h2-3,5-6,8-11,17H,4,7,12-14H2,1H3,(H,22,24). The smallest absolute Gasteiger partial charge is 0.228 e. The predicted octanol–water partition coefficient (Wildman–Crippen LogP) is 4.45. The number of halogens is 1. The zero-order valence-corrected chi connectivity index (χ0v) is 16.1. The van der Waals surface area contributed by atoms with Crippen LogP contribution in [-0.2, 0) is 11.3 Å². The van der Waals surface area contributed by atoms with Gasteiger partial charge in [0.05, 0.1) is 5.92 Å². The zero-order chi connectivity index (χ0) is 16.9. The number of benzene rings is 2. The van der Waals surface area contributed by atoms with Crippen molar-refractivity contribution < 1.29 is 4.79 Å². The van der Waals surface area contributed by atoms with Crippen molar-refractivity contribution in [1.29, 1.82) is 0 Å². The second-order valence-corrected chi connectivity index (χ2v) is 7.74. The Bertz CT molecular complexity index is 699. The Morgan fingerprint density at radius 3 is 2.71 bits per heavy atom. The number of hydrogen-bond donors (Lipinski definition) is 1. The molecule has 1 aliphatic rings. The summed E-state index contributed by atoms with van der Waals surface area (Å²) in [6.45, 7) is 4.99. The number of nitrogens with one attached hydrogen (secondary N) is 1. The molecule has 2 aromatic carbocycles. The monoisotopic (exact) mass is 434 g/mol. The number of amides is 1. The molecule has 0 bridgehead atoms. The quantitative estimate of drug-likeness (QED) is 0.722. The molecule has 1 N–H and O–H groups in total. The van der Waals surface area contributed by atoms with Gasteiger partial charge in [-0.15, -0.1) is 0 Å². The lowest BCUT2D eigenvalue weighted by Crippen LogP contribution is -2.40. The fourth-order valence-electron chi connectivity index (χ4n) is 3.22. The van der Waals surface area contributed by atoms with E-state index in [2.05, 4.69) is 64.0 Å². The van der Waals surface area contributed by atoms with Gasteiger partial charge < -0.3 is 5.32 Å². The number of anilines is 1. The first-order valence-electron chi connectivity index (χ1n) is 8.45. The van der Waals surface area contributed by atoms with Crippen LogP contribution in [0.2, 0.25) is 0 Å². The van der Waals surface area contributed by atoms with E-state index in [0.717, 1.165) is 38.2 Å². The van der Waals surface area contributed by atoms with Gasteiger partial charge in [-0.1, -0.05) is 24.3 Å². The van der Waals surface area contributed by atoms with Gasteiger partial charge >= 0.3 is 0 Å². The summed E-state index contributed by atoms with van der Waals surface area (Å²) in [5.74, 6) is 0.215. The van der Waals surface area contributed by atoms with Gasteiger partial charge in [-0.05, 0) is 84.3 Å². The molecule has 0 radical (unpaired) electrons. The van der Waals surface area contributed by atoms with Crippen molar-refractivity contribution in [3.8, 4) is 0 Å². The fourth-order valence-corrected chi connectivity index (χ4v) is 3.58. The summed E-state index contributed by atoms with van der Waals surface area (Å²) in [4.78, 5) is 15.0. The van der Waals surface area contributed by atoms with Crippen LogP contribution in [0.4, 0.5) is 5.69 Å². The van der Waals surface area contributed by atoms with E-state index in [0.29, 0.717) is 0 Å². The third-order valence-corrected chi connectivity index (χ3v) is 5.36. The fraction of sp³-hybridized carbons (Fsp3) is 0.350. The Kier molecular flexibility index (Phi) is 5.89. The third-order valence-electron chi connectivity index (χ3n) is 4.64. The Balaban J connectivity index is 1.59. The van der Waals surface area contributed by atoms with E-state index >= 15 is 0 Å². The van der Waals surface area contributed by atoms with Crippen molar-refractivity contribution in [2.24, 2.45) is 5.92 Å². The molecule has 1 fully saturated rings. The number of hydrogen-bond acceptors (Lipinski definition) is 2. The molecule has 24 heavy (non-hydrogen) atoms. The van der Waals surface area contributed by atoms with Crippen LogP contribution in [0.15, 0.2) is 48.5 Å². The van der Waals surface area contributed by atoms with Crippen LogP contribution in [0.1, 0.15) is 24.0 Å². The zero-order valence-electron chi connectivity index (χ0n) is 14.0. The van der Waals surface area contributed by atoms with Crippen LogP contribution >= 0.6 is 22.6 Å². The lowest BCUT2D eigenvalue weighted by molar-refractivity contribution is -0.121. The summed E-state index contributed by atoms with van der Waals surface area (Å²) >= 11 is 2.27. The van der Waals surface area contributed by atoms with Crippen LogP contribution in [-0.4, -0.2) is 23.9 Å². The minimum atomic E-state index is 0.0713. The van der Waals surface area contributed by atoms with E-state index in [9.17, 15) is 4.79 Å². The van der Waals surface area contributed by atoms with Gasteiger partial charge in [0.2, 0.25) is 5.91 Å². The lowest BCUT2D eigenvalue weighted by Gasteiger charge is -2.32. The highest BCUT2D eigenvalue weighted by Crippen LogP contribution is 2.21. The van der Waals surface area contributed by atoms with Gasteiger partial charge in [0.15, 0.2) is 0 Å². The highest BCUT2D eigenvalue weighted by Gasteiger charge is 2.26. The van der Waals surface area contributed by atoms with E-state index in [-0.39, 0.29) is 11.8 Å². The number of carbonyl (C=O) groups is 1. The van der Waals surface area contributed by atoms with E-state index in [4.69, 9.17) is 0 Å². The van der Waals surface area contributed by atoms with E-state index in [1.807, 2.05) is 24.3 Å². The van der Waals surface area contributed by atoms with Gasteiger partial charge in [-0.3, -0.25) is 9.69 Å². The maximum Gasteiger partial charge on any atom is 0.228 e. The number of aryl methyl sites for hydroxylation is 1. The summed E-state index contributed by atoms with van der Waals surface area (Å²) in [6, 6.07) is 16.5. The SMILES string of the molecule is Cc1ccccc1CN1CCCC(C(=O)Nc2ccc(I)cc2)C1. The second kappa shape index (κ2) is 8.12. The maximum atomic E-state index is 12.6. The molecule has 126 valence electrons. The first kappa shape index (κ1) is 17.4. The Labute approximate surface area is 157 Å². The van der Waals surface area contributed by atoms with Gasteiger partial charge in [0.25, 0.3) is 0 Å². The molecule has 1 unspecified atom stereocenters. The van der Waals surface area contributed by atoms with Crippen LogP contribution < -0.4 is 5.32 Å². The molecular weight excluding hydrogens is 411 g/mol. The number of likely N-dealkylation sites (tertiary alicyclic amines) is 1. The molecule has 1 atom stereocenters. The minimum Gasteiger partial charge on any atom is -0.326 e. The molecule has 1 heterocycles. The second-order valence-electron chi connectivity index (χ2n) is 6.50. The first-order chi connectivity index (χ1) is 11.6. The molecule has 0 spiro atoms. The Morgan fingerprint density at radius 2 is 1.96 bits per heavy atom. The average molecular weight is 434 g/mol. The molecule has 2 aromatic rings.